The number of carbonyl (C=O) groups excluding carboxylic acids is 3. The first-order valence-corrected chi connectivity index (χ1v) is 13.7. The molecule has 0 fully saturated rings. The van der Waals surface area contributed by atoms with Gasteiger partial charge < -0.3 is 20.0 Å². The van der Waals surface area contributed by atoms with Gasteiger partial charge in [-0.3, -0.25) is 14.4 Å². The van der Waals surface area contributed by atoms with Crippen LogP contribution in [0.15, 0.2) is 97.6 Å². The smallest absolute Gasteiger partial charge is 0.194 e. The zero-order valence-electron chi connectivity index (χ0n) is 23.7. The quantitative estimate of drug-likeness (QED) is 0.195. The lowest BCUT2D eigenvalue weighted by atomic mass is 10.0. The predicted octanol–water partition coefficient (Wildman–Crippen LogP) is 6.23. The minimum absolute atomic E-state index is 0.0524. The summed E-state index contributed by atoms with van der Waals surface area (Å²) in [6.45, 7) is 5.14. The molecular formula is C35H32N2O5. The first-order valence-electron chi connectivity index (χ1n) is 13.7. The molecule has 2 atom stereocenters. The number of Topliss-reactive ketones (excluding diaryl/α,β-unsaturated/α-hetero) is 1. The van der Waals surface area contributed by atoms with Crippen molar-refractivity contribution in [2.24, 2.45) is 0 Å². The monoisotopic (exact) mass is 560 g/mol. The summed E-state index contributed by atoms with van der Waals surface area (Å²) in [6, 6.07) is 25.8. The van der Waals surface area contributed by atoms with Crippen molar-refractivity contribution in [1.29, 1.82) is 0 Å². The van der Waals surface area contributed by atoms with Gasteiger partial charge in [-0.1, -0.05) is 49.9 Å². The summed E-state index contributed by atoms with van der Waals surface area (Å²) in [4.78, 5) is 41.1. The Morgan fingerprint density at radius 1 is 0.690 bits per heavy atom. The van der Waals surface area contributed by atoms with E-state index in [9.17, 15) is 24.6 Å². The van der Waals surface area contributed by atoms with Gasteiger partial charge in [0, 0.05) is 54.4 Å². The highest BCUT2D eigenvalue weighted by molar-refractivity contribution is 6.22. The van der Waals surface area contributed by atoms with Gasteiger partial charge in [0.15, 0.2) is 17.3 Å². The molecule has 0 heterocycles. The molecule has 42 heavy (non-hydrogen) atoms. The van der Waals surface area contributed by atoms with Gasteiger partial charge in [0.2, 0.25) is 0 Å². The fourth-order valence-electron chi connectivity index (χ4n) is 5.19. The molecule has 4 aromatic rings. The van der Waals surface area contributed by atoms with Crippen LogP contribution >= 0.6 is 0 Å². The molecule has 7 nitrogen and oxygen atoms in total. The van der Waals surface area contributed by atoms with Crippen LogP contribution in [0.2, 0.25) is 0 Å². The normalized spacial score (nSPS) is 13.1. The molecule has 212 valence electrons. The summed E-state index contributed by atoms with van der Waals surface area (Å²) in [5, 5.41) is 20.3. The van der Waals surface area contributed by atoms with Gasteiger partial charge in [0.1, 0.15) is 12.2 Å². The number of carbonyl (C=O) groups is 3. The molecule has 4 aromatic carbocycles. The largest absolute Gasteiger partial charge is 0.381 e. The molecule has 0 radical (unpaired) electrons. The lowest BCUT2D eigenvalue weighted by Crippen LogP contribution is -2.12. The summed E-state index contributed by atoms with van der Waals surface area (Å²) in [6.07, 6.45) is -1.00. The molecule has 1 aliphatic rings. The SMILES string of the molecule is C=CC(=O)C(O)c1ccc(N(C)c2ccc3c(c2)C(=O)c2cc(N(C)c4ccc(C(O)C(=O)CC)cc4)ccc2-3)cc1. The van der Waals surface area contributed by atoms with E-state index in [2.05, 4.69) is 6.58 Å². The van der Waals surface area contributed by atoms with Gasteiger partial charge in [0.25, 0.3) is 0 Å². The summed E-state index contributed by atoms with van der Waals surface area (Å²) in [5.74, 6) is -0.736. The number of nitrogens with zero attached hydrogens (tertiary/aromatic N) is 2. The molecule has 0 amide bonds. The number of hydrogen-bond acceptors (Lipinski definition) is 7. The number of benzene rings is 4. The predicted molar refractivity (Wildman–Crippen MR) is 165 cm³/mol. The van der Waals surface area contributed by atoms with E-state index in [1.54, 1.807) is 31.2 Å². The third-order valence-corrected chi connectivity index (χ3v) is 7.88. The molecule has 0 saturated carbocycles. The molecule has 0 saturated heterocycles. The van der Waals surface area contributed by atoms with Crippen LogP contribution in [0.1, 0.15) is 52.6 Å². The van der Waals surface area contributed by atoms with Crippen molar-refractivity contribution in [3.05, 3.63) is 120 Å². The number of fused-ring (bicyclic) bond motifs is 3. The van der Waals surface area contributed by atoms with E-state index < -0.39 is 18.0 Å². The standard InChI is InChI=1S/C35H32N2O5/c1-5-31(38)33(40)21-7-11-23(12-8-21)36(3)25-15-17-27-28-18-16-26(20-30(28)35(42)29(27)19-25)37(4)24-13-9-22(10-14-24)34(41)32(39)6-2/h5,7-20,33-34,40-41H,1,6H2,2-4H3. The van der Waals surface area contributed by atoms with E-state index in [0.717, 1.165) is 40.0 Å². The van der Waals surface area contributed by atoms with Gasteiger partial charge in [0.05, 0.1) is 0 Å². The Morgan fingerprint density at radius 2 is 1.10 bits per heavy atom. The maximum Gasteiger partial charge on any atom is 0.194 e. The molecule has 0 spiro atoms. The Bertz CT molecular complexity index is 1690. The minimum Gasteiger partial charge on any atom is -0.381 e. The Hall–Kier alpha value is -4.85. The van der Waals surface area contributed by atoms with Crippen LogP contribution < -0.4 is 9.80 Å². The molecule has 1 aliphatic carbocycles. The van der Waals surface area contributed by atoms with E-state index in [-0.39, 0.29) is 18.0 Å². The van der Waals surface area contributed by atoms with Crippen molar-refractivity contribution in [2.45, 2.75) is 25.6 Å². The van der Waals surface area contributed by atoms with Gasteiger partial charge in [-0.05, 0) is 76.9 Å². The number of aliphatic hydroxyl groups excluding tert-OH is 2. The van der Waals surface area contributed by atoms with E-state index >= 15 is 0 Å². The van der Waals surface area contributed by atoms with Crippen LogP contribution in [-0.4, -0.2) is 41.7 Å². The molecule has 0 aromatic heterocycles. The summed E-state index contributed by atoms with van der Waals surface area (Å²) in [7, 11) is 3.80. The van der Waals surface area contributed by atoms with Crippen LogP contribution in [0.5, 0.6) is 0 Å². The first-order chi connectivity index (χ1) is 20.1. The molecule has 7 heteroatoms. The Morgan fingerprint density at radius 3 is 1.50 bits per heavy atom. The van der Waals surface area contributed by atoms with Gasteiger partial charge in [-0.15, -0.1) is 0 Å². The number of rotatable bonds is 10. The fourth-order valence-corrected chi connectivity index (χ4v) is 5.19. The highest BCUT2D eigenvalue weighted by atomic mass is 16.3. The van der Waals surface area contributed by atoms with Crippen molar-refractivity contribution in [1.82, 2.24) is 0 Å². The third-order valence-electron chi connectivity index (χ3n) is 7.88. The van der Waals surface area contributed by atoms with Crippen LogP contribution in [0, 0.1) is 0 Å². The van der Waals surface area contributed by atoms with Crippen molar-refractivity contribution in [2.75, 3.05) is 23.9 Å². The molecule has 2 unspecified atom stereocenters. The topological polar surface area (TPSA) is 98.2 Å². The zero-order chi connectivity index (χ0) is 30.1. The number of ketones is 3. The maximum absolute atomic E-state index is 13.6. The second-order valence-corrected chi connectivity index (χ2v) is 10.3. The van der Waals surface area contributed by atoms with E-state index in [4.69, 9.17) is 0 Å². The van der Waals surface area contributed by atoms with Crippen LogP contribution in [0.3, 0.4) is 0 Å². The molecule has 0 aliphatic heterocycles. The fraction of sp³-hybridized carbons (Fsp3) is 0.171. The third kappa shape index (κ3) is 5.16. The van der Waals surface area contributed by atoms with Crippen molar-refractivity contribution < 1.29 is 24.6 Å². The molecular weight excluding hydrogens is 528 g/mol. The highest BCUT2D eigenvalue weighted by Gasteiger charge is 2.28. The molecule has 5 rings (SSSR count). The maximum atomic E-state index is 13.6. The summed E-state index contributed by atoms with van der Waals surface area (Å²) in [5.41, 5.74) is 7.39. The molecule has 2 N–H and O–H groups in total. The van der Waals surface area contributed by atoms with E-state index in [0.29, 0.717) is 22.3 Å². The number of hydrogen-bond donors (Lipinski definition) is 2. The van der Waals surface area contributed by atoms with Gasteiger partial charge >= 0.3 is 0 Å². The second kappa shape index (κ2) is 11.6. The lowest BCUT2D eigenvalue weighted by Gasteiger charge is -2.21. The Labute approximate surface area is 245 Å². The second-order valence-electron chi connectivity index (χ2n) is 10.3. The Balaban J connectivity index is 1.36. The summed E-state index contributed by atoms with van der Waals surface area (Å²) >= 11 is 0. The van der Waals surface area contributed by atoms with Gasteiger partial charge in [-0.25, -0.2) is 0 Å². The average Bonchev–Trinajstić information content (AvgIpc) is 3.32. The summed E-state index contributed by atoms with van der Waals surface area (Å²) < 4.78 is 0. The average molecular weight is 561 g/mol. The lowest BCUT2D eigenvalue weighted by molar-refractivity contribution is -0.127. The first kappa shape index (κ1) is 28.7. The van der Waals surface area contributed by atoms with Crippen LogP contribution in [-0.2, 0) is 9.59 Å². The Kier molecular flexibility index (Phi) is 7.89. The highest BCUT2D eigenvalue weighted by Crippen LogP contribution is 2.41. The molecule has 0 bridgehead atoms. The number of anilines is 4. The van der Waals surface area contributed by atoms with Gasteiger partial charge in [-0.2, -0.15) is 0 Å². The van der Waals surface area contributed by atoms with Crippen molar-refractivity contribution in [3.63, 3.8) is 0 Å². The van der Waals surface area contributed by atoms with E-state index in [1.165, 1.54) is 0 Å². The minimum atomic E-state index is -1.24. The van der Waals surface area contributed by atoms with Crippen molar-refractivity contribution >= 4 is 40.1 Å². The van der Waals surface area contributed by atoms with E-state index in [1.807, 2.05) is 84.6 Å². The van der Waals surface area contributed by atoms with Crippen LogP contribution in [0.4, 0.5) is 22.7 Å². The number of aliphatic hydroxyl groups is 2. The van der Waals surface area contributed by atoms with Crippen LogP contribution in [0.25, 0.3) is 11.1 Å². The van der Waals surface area contributed by atoms with Crippen molar-refractivity contribution in [3.8, 4) is 11.1 Å². The zero-order valence-corrected chi connectivity index (χ0v) is 23.7.